The first-order chi connectivity index (χ1) is 5.42. The molecule has 1 saturated carbocycles. The highest BCUT2D eigenvalue weighted by Gasteiger charge is 2.42. The first-order valence-electron chi connectivity index (χ1n) is 5.42. The maximum absolute atomic E-state index is 2.47. The Morgan fingerprint density at radius 1 is 1.17 bits per heavy atom. The molecule has 1 fully saturated rings. The van der Waals surface area contributed by atoms with Crippen molar-refractivity contribution in [1.29, 1.82) is 0 Å². The fourth-order valence-corrected chi connectivity index (χ4v) is 2.81. The van der Waals surface area contributed by atoms with E-state index >= 15 is 0 Å². The lowest BCUT2D eigenvalue weighted by molar-refractivity contribution is 0.0117. The highest BCUT2D eigenvalue weighted by atomic mass is 14.5. The largest absolute Gasteiger partial charge is 0.0649 e. The van der Waals surface area contributed by atoms with Gasteiger partial charge in [-0.05, 0) is 29.6 Å². The molecule has 12 heavy (non-hydrogen) atoms. The molecule has 1 aliphatic rings. The third-order valence-electron chi connectivity index (χ3n) is 4.59. The molecule has 0 aliphatic heterocycles. The van der Waals surface area contributed by atoms with Gasteiger partial charge in [-0.15, -0.1) is 0 Å². The van der Waals surface area contributed by atoms with Gasteiger partial charge in [0.15, 0.2) is 0 Å². The first-order valence-corrected chi connectivity index (χ1v) is 5.42. The van der Waals surface area contributed by atoms with Crippen molar-refractivity contribution in [2.24, 2.45) is 16.7 Å². The fourth-order valence-electron chi connectivity index (χ4n) is 2.81. The van der Waals surface area contributed by atoms with Gasteiger partial charge in [-0.3, -0.25) is 0 Å². The Labute approximate surface area is 77.7 Å². The van der Waals surface area contributed by atoms with E-state index in [9.17, 15) is 0 Å². The van der Waals surface area contributed by atoms with Crippen molar-refractivity contribution in [3.05, 3.63) is 0 Å². The molecule has 2 atom stereocenters. The maximum atomic E-state index is 2.47. The summed E-state index contributed by atoms with van der Waals surface area (Å²) in [6, 6.07) is 0. The molecule has 0 aromatic heterocycles. The molecule has 2 unspecified atom stereocenters. The Hall–Kier alpha value is 0. The van der Waals surface area contributed by atoms with Gasteiger partial charge >= 0.3 is 0 Å². The molecule has 0 N–H and O–H groups in total. The number of hydrogen-bond donors (Lipinski definition) is 0. The van der Waals surface area contributed by atoms with Crippen molar-refractivity contribution in [3.8, 4) is 0 Å². The van der Waals surface area contributed by atoms with Gasteiger partial charge in [0.25, 0.3) is 0 Å². The van der Waals surface area contributed by atoms with E-state index in [1.165, 1.54) is 25.7 Å². The fraction of sp³-hybridized carbons (Fsp3) is 1.00. The Balaban J connectivity index is 2.79. The van der Waals surface area contributed by atoms with Crippen molar-refractivity contribution in [3.63, 3.8) is 0 Å². The standard InChI is InChI=1S/C12H24/c1-6-12(5)9-7-8-11(3,4)10(12)2/h10H,6-9H2,1-5H3. The minimum atomic E-state index is 0.572. The highest BCUT2D eigenvalue weighted by Crippen LogP contribution is 2.52. The van der Waals surface area contributed by atoms with Crippen LogP contribution in [0.1, 0.15) is 60.3 Å². The van der Waals surface area contributed by atoms with Crippen LogP contribution in [0.2, 0.25) is 0 Å². The molecular weight excluding hydrogens is 144 g/mol. The lowest BCUT2D eigenvalue weighted by Crippen LogP contribution is -2.39. The third kappa shape index (κ3) is 1.53. The van der Waals surface area contributed by atoms with Gasteiger partial charge in [0.2, 0.25) is 0 Å². The van der Waals surface area contributed by atoms with E-state index in [2.05, 4.69) is 34.6 Å². The molecular formula is C12H24. The maximum Gasteiger partial charge on any atom is -0.0298 e. The lowest BCUT2D eigenvalue weighted by atomic mass is 9.56. The third-order valence-corrected chi connectivity index (χ3v) is 4.59. The van der Waals surface area contributed by atoms with E-state index in [0.29, 0.717) is 10.8 Å². The molecule has 0 radical (unpaired) electrons. The van der Waals surface area contributed by atoms with E-state index in [1.54, 1.807) is 0 Å². The van der Waals surface area contributed by atoms with Crippen molar-refractivity contribution in [2.75, 3.05) is 0 Å². The lowest BCUT2D eigenvalue weighted by Gasteiger charge is -2.49. The summed E-state index contributed by atoms with van der Waals surface area (Å²) in [5.41, 5.74) is 1.19. The number of rotatable bonds is 1. The van der Waals surface area contributed by atoms with Gasteiger partial charge in [-0.25, -0.2) is 0 Å². The molecule has 0 heterocycles. The van der Waals surface area contributed by atoms with Crippen LogP contribution < -0.4 is 0 Å². The number of hydrogen-bond acceptors (Lipinski definition) is 0. The molecule has 0 bridgehead atoms. The van der Waals surface area contributed by atoms with Crippen LogP contribution >= 0.6 is 0 Å². The van der Waals surface area contributed by atoms with Gasteiger partial charge in [-0.2, -0.15) is 0 Å². The van der Waals surface area contributed by atoms with Gasteiger partial charge in [-0.1, -0.05) is 47.5 Å². The summed E-state index contributed by atoms with van der Waals surface area (Å²) in [6.45, 7) is 12.1. The second-order valence-corrected chi connectivity index (χ2v) is 5.57. The predicted octanol–water partition coefficient (Wildman–Crippen LogP) is 4.25. The summed E-state index contributed by atoms with van der Waals surface area (Å²) in [7, 11) is 0. The zero-order valence-corrected chi connectivity index (χ0v) is 9.41. The van der Waals surface area contributed by atoms with Crippen LogP contribution in [0, 0.1) is 16.7 Å². The summed E-state index contributed by atoms with van der Waals surface area (Å²) < 4.78 is 0. The van der Waals surface area contributed by atoms with Crippen molar-refractivity contribution in [2.45, 2.75) is 60.3 Å². The molecule has 0 nitrogen and oxygen atoms in total. The van der Waals surface area contributed by atoms with Gasteiger partial charge < -0.3 is 0 Å². The summed E-state index contributed by atoms with van der Waals surface area (Å²) >= 11 is 0. The molecule has 0 amide bonds. The second-order valence-electron chi connectivity index (χ2n) is 5.57. The molecule has 72 valence electrons. The summed E-state index contributed by atoms with van der Waals surface area (Å²) in [5.74, 6) is 0.878. The van der Waals surface area contributed by atoms with E-state index in [4.69, 9.17) is 0 Å². The summed E-state index contributed by atoms with van der Waals surface area (Å²) in [5, 5.41) is 0. The van der Waals surface area contributed by atoms with Crippen LogP contribution in [0.3, 0.4) is 0 Å². The summed E-state index contributed by atoms with van der Waals surface area (Å²) in [4.78, 5) is 0. The molecule has 0 spiro atoms. The van der Waals surface area contributed by atoms with Crippen molar-refractivity contribution >= 4 is 0 Å². The average Bonchev–Trinajstić information content (AvgIpc) is 2.00. The first kappa shape index (κ1) is 10.1. The SMILES string of the molecule is CCC1(C)CCCC(C)(C)C1C. The topological polar surface area (TPSA) is 0 Å². The molecule has 1 aliphatic carbocycles. The van der Waals surface area contributed by atoms with Crippen LogP contribution in [0.25, 0.3) is 0 Å². The van der Waals surface area contributed by atoms with Gasteiger partial charge in [0.05, 0.1) is 0 Å². The Bertz CT molecular complexity index is 157. The Morgan fingerprint density at radius 3 is 2.17 bits per heavy atom. The van der Waals surface area contributed by atoms with Crippen LogP contribution in [-0.2, 0) is 0 Å². The molecule has 0 heteroatoms. The molecule has 1 rings (SSSR count). The van der Waals surface area contributed by atoms with Gasteiger partial charge in [0.1, 0.15) is 0 Å². The van der Waals surface area contributed by atoms with E-state index in [1.807, 2.05) is 0 Å². The minimum Gasteiger partial charge on any atom is -0.0649 e. The van der Waals surface area contributed by atoms with Crippen LogP contribution in [0.15, 0.2) is 0 Å². The average molecular weight is 168 g/mol. The van der Waals surface area contributed by atoms with Crippen molar-refractivity contribution in [1.82, 2.24) is 0 Å². The van der Waals surface area contributed by atoms with E-state index < -0.39 is 0 Å². The second kappa shape index (κ2) is 3.05. The monoisotopic (exact) mass is 168 g/mol. The molecule has 0 saturated heterocycles. The van der Waals surface area contributed by atoms with E-state index in [-0.39, 0.29) is 0 Å². The smallest absolute Gasteiger partial charge is 0.0298 e. The quantitative estimate of drug-likeness (QED) is 0.549. The molecule has 0 aromatic carbocycles. The van der Waals surface area contributed by atoms with E-state index in [0.717, 1.165) is 5.92 Å². The minimum absolute atomic E-state index is 0.572. The van der Waals surface area contributed by atoms with Crippen LogP contribution in [0.4, 0.5) is 0 Å². The zero-order chi connectivity index (χ0) is 9.41. The van der Waals surface area contributed by atoms with Crippen LogP contribution in [0.5, 0.6) is 0 Å². The zero-order valence-electron chi connectivity index (χ0n) is 9.41. The molecule has 0 aromatic rings. The van der Waals surface area contributed by atoms with Crippen LogP contribution in [-0.4, -0.2) is 0 Å². The predicted molar refractivity (Wildman–Crippen MR) is 55.2 cm³/mol. The highest BCUT2D eigenvalue weighted by molar-refractivity contribution is 4.92. The normalized spacial score (nSPS) is 41.2. The van der Waals surface area contributed by atoms with Crippen molar-refractivity contribution < 1.29 is 0 Å². The Kier molecular flexibility index (Phi) is 2.56. The Morgan fingerprint density at radius 2 is 1.75 bits per heavy atom. The summed E-state index contributed by atoms with van der Waals surface area (Å²) in [6.07, 6.45) is 5.64. The van der Waals surface area contributed by atoms with Gasteiger partial charge in [0, 0.05) is 0 Å².